The first kappa shape index (κ1) is 26.4. The van der Waals surface area contributed by atoms with Crippen LogP contribution < -0.4 is 10.6 Å². The smallest absolute Gasteiger partial charge is 0.416 e. The van der Waals surface area contributed by atoms with Crippen LogP contribution in [0.1, 0.15) is 41.6 Å². The molecule has 1 aliphatic rings. The van der Waals surface area contributed by atoms with Crippen molar-refractivity contribution in [2.24, 2.45) is 0 Å². The number of carbonyl (C=O) groups is 1. The van der Waals surface area contributed by atoms with Gasteiger partial charge in [-0.25, -0.2) is 19.3 Å². The fourth-order valence-corrected chi connectivity index (χ4v) is 4.40. The average Bonchev–Trinajstić information content (AvgIpc) is 3.28. The zero-order valence-electron chi connectivity index (χ0n) is 20.3. The number of hydrogen-bond donors (Lipinski definition) is 2. The summed E-state index contributed by atoms with van der Waals surface area (Å²) in [5, 5.41) is 25.0. The molecule has 1 atom stereocenters. The molecule has 2 aromatic carbocycles. The number of nitrogens with one attached hydrogen (secondary N) is 1. The van der Waals surface area contributed by atoms with Crippen LogP contribution in [0, 0.1) is 11.3 Å². The van der Waals surface area contributed by atoms with Crippen molar-refractivity contribution in [3.05, 3.63) is 92.5 Å². The molecule has 2 N–H and O–H groups in total. The van der Waals surface area contributed by atoms with Crippen LogP contribution >= 0.6 is 0 Å². The fourth-order valence-electron chi connectivity index (χ4n) is 4.40. The molecule has 0 saturated carbocycles. The van der Waals surface area contributed by atoms with Gasteiger partial charge in [0, 0.05) is 18.0 Å². The first-order valence-electron chi connectivity index (χ1n) is 11.4. The SMILES string of the molecule is COC(=O)C1=C(C)N(c2cccc(C(F)(F)F)c2)c2n[nH]c(=O)n2[C@@H]1c1ccc(C#N)cc1/C=C/CCO. The second kappa shape index (κ2) is 10.4. The highest BCUT2D eigenvalue weighted by Crippen LogP contribution is 2.43. The summed E-state index contributed by atoms with van der Waals surface area (Å²) in [4.78, 5) is 27.5. The van der Waals surface area contributed by atoms with Gasteiger partial charge in [-0.05, 0) is 54.8 Å². The van der Waals surface area contributed by atoms with Crippen molar-refractivity contribution in [1.82, 2.24) is 14.8 Å². The van der Waals surface area contributed by atoms with Crippen molar-refractivity contribution in [2.45, 2.75) is 25.6 Å². The van der Waals surface area contributed by atoms with Gasteiger partial charge in [0.2, 0.25) is 5.95 Å². The molecule has 4 rings (SSSR count). The number of aromatic amines is 1. The largest absolute Gasteiger partial charge is 0.466 e. The van der Waals surface area contributed by atoms with Crippen LogP contribution in [0.2, 0.25) is 0 Å². The molecule has 38 heavy (non-hydrogen) atoms. The minimum absolute atomic E-state index is 0.0116. The molecule has 0 saturated heterocycles. The number of alkyl halides is 3. The van der Waals surface area contributed by atoms with Crippen molar-refractivity contribution in [3.63, 3.8) is 0 Å². The molecule has 1 aliphatic heterocycles. The summed E-state index contributed by atoms with van der Waals surface area (Å²) in [6.07, 6.45) is -0.980. The van der Waals surface area contributed by atoms with Crippen molar-refractivity contribution < 1.29 is 27.8 Å². The molecular formula is C26H22F3N5O4. The molecule has 1 aromatic heterocycles. The number of allylic oxidation sites excluding steroid dienone is 1. The van der Waals surface area contributed by atoms with Crippen molar-refractivity contribution in [3.8, 4) is 6.07 Å². The summed E-state index contributed by atoms with van der Waals surface area (Å²) < 4.78 is 46.6. The van der Waals surface area contributed by atoms with Crippen LogP contribution in [0.15, 0.2) is 64.6 Å². The Balaban J connectivity index is 2.02. The molecular weight excluding hydrogens is 503 g/mol. The number of nitrogens with zero attached hydrogens (tertiary/aromatic N) is 4. The van der Waals surface area contributed by atoms with E-state index in [0.717, 1.165) is 23.8 Å². The maximum Gasteiger partial charge on any atom is 0.416 e. The van der Waals surface area contributed by atoms with Crippen LogP contribution in [-0.2, 0) is 15.7 Å². The first-order chi connectivity index (χ1) is 18.1. The van der Waals surface area contributed by atoms with E-state index in [2.05, 4.69) is 10.2 Å². The van der Waals surface area contributed by atoms with Crippen LogP contribution in [0.3, 0.4) is 0 Å². The second-order valence-corrected chi connectivity index (χ2v) is 8.35. The van der Waals surface area contributed by atoms with Gasteiger partial charge < -0.3 is 9.84 Å². The summed E-state index contributed by atoms with van der Waals surface area (Å²) >= 11 is 0. The summed E-state index contributed by atoms with van der Waals surface area (Å²) in [6.45, 7) is 1.41. The Kier molecular flexibility index (Phi) is 7.23. The summed E-state index contributed by atoms with van der Waals surface area (Å²) in [7, 11) is 1.16. The quantitative estimate of drug-likeness (QED) is 0.466. The van der Waals surface area contributed by atoms with Gasteiger partial charge in [-0.2, -0.15) is 18.4 Å². The third-order valence-electron chi connectivity index (χ3n) is 6.08. The number of aromatic nitrogens is 3. The number of fused-ring (bicyclic) bond motifs is 1. The summed E-state index contributed by atoms with van der Waals surface area (Å²) in [6, 6.07) is 10.1. The fraction of sp³-hybridized carbons (Fsp3) is 0.231. The highest BCUT2D eigenvalue weighted by molar-refractivity contribution is 5.94. The number of ether oxygens (including phenoxy) is 1. The normalized spacial score (nSPS) is 15.5. The Hall–Kier alpha value is -4.63. The van der Waals surface area contributed by atoms with E-state index in [4.69, 9.17) is 4.74 Å². The number of rotatable bonds is 6. The number of H-pyrrole nitrogens is 1. The molecule has 0 fully saturated rings. The molecule has 0 bridgehead atoms. The van der Waals surface area contributed by atoms with Crippen molar-refractivity contribution in [1.29, 1.82) is 5.26 Å². The topological polar surface area (TPSA) is 124 Å². The monoisotopic (exact) mass is 525 g/mol. The minimum Gasteiger partial charge on any atom is -0.466 e. The zero-order valence-corrected chi connectivity index (χ0v) is 20.3. The van der Waals surface area contributed by atoms with Gasteiger partial charge in [0.25, 0.3) is 0 Å². The number of halogens is 3. The summed E-state index contributed by atoms with van der Waals surface area (Å²) in [5.41, 5.74) is -0.179. The summed E-state index contributed by atoms with van der Waals surface area (Å²) in [5.74, 6) is -0.850. The molecule has 0 radical (unpaired) electrons. The van der Waals surface area contributed by atoms with Crippen LogP contribution in [0.4, 0.5) is 24.8 Å². The molecule has 0 aliphatic carbocycles. The number of benzene rings is 2. The van der Waals surface area contributed by atoms with Crippen molar-refractivity contribution in [2.75, 3.05) is 18.6 Å². The highest BCUT2D eigenvalue weighted by Gasteiger charge is 2.40. The van der Waals surface area contributed by atoms with Gasteiger partial charge >= 0.3 is 17.8 Å². The molecule has 0 unspecified atom stereocenters. The molecule has 0 amide bonds. The number of aliphatic hydroxyl groups is 1. The van der Waals surface area contributed by atoms with E-state index in [1.807, 2.05) is 6.07 Å². The lowest BCUT2D eigenvalue weighted by Gasteiger charge is -2.36. The number of esters is 1. The highest BCUT2D eigenvalue weighted by atomic mass is 19.4. The van der Waals surface area contributed by atoms with Gasteiger partial charge in [0.1, 0.15) is 6.04 Å². The van der Waals surface area contributed by atoms with E-state index in [9.17, 15) is 33.1 Å². The lowest BCUT2D eigenvalue weighted by Crippen LogP contribution is -2.38. The van der Waals surface area contributed by atoms with E-state index in [-0.39, 0.29) is 29.5 Å². The molecule has 2 heterocycles. The number of aliphatic hydroxyl groups excluding tert-OH is 1. The number of methoxy groups -OCH3 is 1. The average molecular weight is 525 g/mol. The van der Waals surface area contributed by atoms with Gasteiger partial charge in [-0.15, -0.1) is 5.10 Å². The Bertz CT molecular complexity index is 1550. The Morgan fingerprint density at radius 3 is 2.71 bits per heavy atom. The third kappa shape index (κ3) is 4.71. The third-order valence-corrected chi connectivity index (χ3v) is 6.08. The Morgan fingerprint density at radius 1 is 1.29 bits per heavy atom. The van der Waals surface area contributed by atoms with E-state index >= 15 is 0 Å². The number of nitriles is 1. The number of carbonyl (C=O) groups excluding carboxylic acids is 1. The van der Waals surface area contributed by atoms with Gasteiger partial charge in [0.05, 0.1) is 29.9 Å². The van der Waals surface area contributed by atoms with E-state index < -0.39 is 29.4 Å². The van der Waals surface area contributed by atoms with Crippen molar-refractivity contribution >= 4 is 23.7 Å². The van der Waals surface area contributed by atoms with Crippen LogP contribution in [0.25, 0.3) is 6.08 Å². The maximum atomic E-state index is 13.5. The molecule has 0 spiro atoms. The van der Waals surface area contributed by atoms with Gasteiger partial charge in [-0.1, -0.05) is 24.3 Å². The molecule has 9 nitrogen and oxygen atoms in total. The van der Waals surface area contributed by atoms with E-state index in [1.54, 1.807) is 24.3 Å². The lowest BCUT2D eigenvalue weighted by atomic mass is 9.90. The molecule has 196 valence electrons. The van der Waals surface area contributed by atoms with E-state index in [1.165, 1.54) is 30.0 Å². The second-order valence-electron chi connectivity index (χ2n) is 8.35. The van der Waals surface area contributed by atoms with E-state index in [0.29, 0.717) is 23.1 Å². The first-order valence-corrected chi connectivity index (χ1v) is 11.4. The standard InChI is InChI=1S/C26H22F3N5O4/c1-15-21(23(36)38-2)22(20-10-9-16(14-30)12-17(20)6-3-4-11-35)34-24(31-32-25(34)37)33(15)19-8-5-7-18(13-19)26(27,28)29/h3,5-10,12-13,22,35H,4,11H2,1-2H3,(H,32,37)/b6-3+/t22-/m1/s1. The van der Waals surface area contributed by atoms with Crippen LogP contribution in [0.5, 0.6) is 0 Å². The Labute approximate surface area is 214 Å². The number of anilines is 2. The molecule has 3 aromatic rings. The maximum absolute atomic E-state index is 13.5. The Morgan fingerprint density at radius 2 is 2.05 bits per heavy atom. The van der Waals surface area contributed by atoms with Gasteiger partial charge in [-0.3, -0.25) is 4.90 Å². The van der Waals surface area contributed by atoms with Gasteiger partial charge in [0.15, 0.2) is 0 Å². The lowest BCUT2D eigenvalue weighted by molar-refractivity contribution is -0.138. The minimum atomic E-state index is -4.62. The number of hydrogen-bond acceptors (Lipinski definition) is 7. The van der Waals surface area contributed by atoms with Crippen LogP contribution in [-0.4, -0.2) is 39.6 Å². The predicted octanol–water partition coefficient (Wildman–Crippen LogP) is 4.05. The predicted molar refractivity (Wildman–Crippen MR) is 131 cm³/mol. The molecule has 12 heteroatoms. The zero-order chi connectivity index (χ0) is 27.6.